The number of carbonyl (C=O) groups excluding carboxylic acids is 2. The molecule has 4 atom stereocenters. The number of rotatable bonds is 5. The van der Waals surface area contributed by atoms with Gasteiger partial charge in [0.1, 0.15) is 34.0 Å². The quantitative estimate of drug-likeness (QED) is 0.115. The second-order valence-electron chi connectivity index (χ2n) is 15.3. The summed E-state index contributed by atoms with van der Waals surface area (Å²) in [6.45, 7) is 7.32. The van der Waals surface area contributed by atoms with Crippen molar-refractivity contribution < 1.29 is 28.3 Å². The van der Waals surface area contributed by atoms with E-state index in [0.29, 0.717) is 32.8 Å². The van der Waals surface area contributed by atoms with Gasteiger partial charge in [0.05, 0.1) is 5.56 Å². The van der Waals surface area contributed by atoms with Crippen LogP contribution in [0.4, 0.5) is 5.69 Å². The standard InChI is InChI=1S/C41H35Cl3N6O6/c1-5-40(53,6-2)38(52)46-24-13-17-10-11-25-21(12-17)41-22-15-18(42)14-20(29(22)49-39(41)54-25)19-8-7-9-23-26(19)27(33(43)45-23)31-34(44)50-37(55-31)30-32(41)56-36(48-30)28(16(3)4)47-35(24)51/h7-12,14-16,24,28,39,45,49,53H,5-6,13H2,1-4H3,(H,46,52)(H,47,51)/t24-,28-,39?,41?/m0/s1. The molecule has 12 nitrogen and oxygen atoms in total. The number of aromatic amines is 1. The van der Waals surface area contributed by atoms with Crippen molar-refractivity contribution in [1.29, 1.82) is 0 Å². The van der Waals surface area contributed by atoms with Gasteiger partial charge in [-0.15, -0.1) is 0 Å². The van der Waals surface area contributed by atoms with Gasteiger partial charge in [0.15, 0.2) is 28.6 Å². The number of hydrogen-bond donors (Lipinski definition) is 5. The average Bonchev–Trinajstić information content (AvgIpc) is 3.98. The van der Waals surface area contributed by atoms with Crippen molar-refractivity contribution in [3.05, 3.63) is 92.2 Å². The van der Waals surface area contributed by atoms with E-state index in [9.17, 15) is 14.7 Å². The summed E-state index contributed by atoms with van der Waals surface area (Å²) < 4.78 is 20.4. The molecule has 15 heteroatoms. The molecule has 56 heavy (non-hydrogen) atoms. The minimum Gasteiger partial charge on any atom is -0.469 e. The van der Waals surface area contributed by atoms with Gasteiger partial charge in [0, 0.05) is 44.7 Å². The first-order chi connectivity index (χ1) is 26.9. The molecule has 0 saturated carbocycles. The maximum atomic E-state index is 14.3. The molecule has 0 saturated heterocycles. The summed E-state index contributed by atoms with van der Waals surface area (Å²) in [5.74, 6) is 0.0389. The number of aliphatic hydroxyl groups is 1. The van der Waals surface area contributed by atoms with Gasteiger partial charge >= 0.3 is 0 Å². The molecule has 286 valence electrons. The molecule has 4 aliphatic rings. The lowest BCUT2D eigenvalue weighted by Gasteiger charge is -2.30. The summed E-state index contributed by atoms with van der Waals surface area (Å²) in [7, 11) is 0. The number of fused-ring (bicyclic) bond motifs is 7. The van der Waals surface area contributed by atoms with Crippen molar-refractivity contribution in [1.82, 2.24) is 25.6 Å². The summed E-state index contributed by atoms with van der Waals surface area (Å²) in [6, 6.07) is 13.5. The van der Waals surface area contributed by atoms with Gasteiger partial charge in [-0.1, -0.05) is 86.8 Å². The second kappa shape index (κ2) is 12.2. The number of benzene rings is 3. The van der Waals surface area contributed by atoms with Gasteiger partial charge in [-0.05, 0) is 54.2 Å². The topological polar surface area (TPSA) is 168 Å². The van der Waals surface area contributed by atoms with Crippen molar-refractivity contribution >= 4 is 63.2 Å². The Labute approximate surface area is 335 Å². The number of nitrogens with one attached hydrogen (secondary N) is 4. The average molecular weight is 814 g/mol. The van der Waals surface area contributed by atoms with Crippen LogP contribution in [0.3, 0.4) is 0 Å². The first-order valence-corrected chi connectivity index (χ1v) is 19.7. The van der Waals surface area contributed by atoms with Gasteiger partial charge in [0.25, 0.3) is 11.8 Å². The van der Waals surface area contributed by atoms with E-state index in [1.54, 1.807) is 13.8 Å². The lowest BCUT2D eigenvalue weighted by atomic mass is 9.72. The Bertz CT molecular complexity index is 2680. The van der Waals surface area contributed by atoms with Crippen LogP contribution in [-0.2, 0) is 21.4 Å². The number of H-pyrrole nitrogens is 1. The fourth-order valence-electron chi connectivity index (χ4n) is 8.85. The highest BCUT2D eigenvalue weighted by Crippen LogP contribution is 2.62. The maximum absolute atomic E-state index is 14.3. The third kappa shape index (κ3) is 4.76. The van der Waals surface area contributed by atoms with E-state index in [2.05, 4.69) is 20.9 Å². The molecule has 2 amide bonds. The van der Waals surface area contributed by atoms with Crippen LogP contribution in [0.1, 0.15) is 74.9 Å². The molecule has 3 aromatic carbocycles. The fourth-order valence-corrected chi connectivity index (χ4v) is 9.56. The molecule has 5 N–H and O–H groups in total. The number of carbonyl (C=O) groups is 2. The SMILES string of the molecule is CCC(O)(CC)C(=O)N[C@H]1Cc2ccc3c(c2)C24c5cc(Cl)cc(c5NC2O3)-c2cccc3[nH]c(Cl)c(c23)-c2oc(nc2Cl)-c2nc(oc24)[C@H](C(C)C)NC1=O. The van der Waals surface area contributed by atoms with Gasteiger partial charge in [-0.25, -0.2) is 4.98 Å². The van der Waals surface area contributed by atoms with Crippen molar-refractivity contribution in [2.45, 2.75) is 76.3 Å². The van der Waals surface area contributed by atoms with E-state index in [0.717, 1.165) is 38.8 Å². The Kier molecular flexibility index (Phi) is 7.74. The van der Waals surface area contributed by atoms with Crippen LogP contribution in [-0.4, -0.2) is 49.7 Å². The highest BCUT2D eigenvalue weighted by Gasteiger charge is 2.62. The summed E-state index contributed by atoms with van der Waals surface area (Å²) in [6.07, 6.45) is -0.309. The Hall–Kier alpha value is -5.01. The molecule has 3 aromatic heterocycles. The largest absolute Gasteiger partial charge is 0.469 e. The lowest BCUT2D eigenvalue weighted by Crippen LogP contribution is -2.55. The zero-order chi connectivity index (χ0) is 39.0. The van der Waals surface area contributed by atoms with E-state index >= 15 is 0 Å². The predicted octanol–water partition coefficient (Wildman–Crippen LogP) is 8.30. The number of hydrogen-bond acceptors (Lipinski definition) is 9. The fraction of sp³-hybridized carbons (Fsp3) is 0.317. The van der Waals surface area contributed by atoms with Crippen LogP contribution in [0.2, 0.25) is 15.3 Å². The molecule has 0 aliphatic carbocycles. The van der Waals surface area contributed by atoms with Crippen molar-refractivity contribution in [2.75, 3.05) is 5.32 Å². The predicted molar refractivity (Wildman–Crippen MR) is 211 cm³/mol. The Balaban J connectivity index is 1.30. The molecule has 10 bridgehead atoms. The van der Waals surface area contributed by atoms with E-state index in [1.165, 1.54) is 0 Å². The Morgan fingerprint density at radius 2 is 1.84 bits per heavy atom. The third-order valence-corrected chi connectivity index (χ3v) is 12.6. The molecule has 10 rings (SSSR count). The first kappa shape index (κ1) is 35.4. The number of oxazole rings is 2. The Morgan fingerprint density at radius 3 is 2.61 bits per heavy atom. The number of nitrogens with zero attached hydrogens (tertiary/aromatic N) is 2. The third-order valence-electron chi connectivity index (χ3n) is 11.9. The van der Waals surface area contributed by atoms with E-state index in [1.807, 2.05) is 62.4 Å². The molecular formula is C41H35Cl3N6O6. The molecule has 6 aromatic rings. The second-order valence-corrected chi connectivity index (χ2v) is 16.4. The zero-order valence-corrected chi connectivity index (χ0v) is 32.8. The molecule has 0 radical (unpaired) electrons. The summed E-state index contributed by atoms with van der Waals surface area (Å²) >= 11 is 21.0. The number of aromatic nitrogens is 3. The van der Waals surface area contributed by atoms with Crippen molar-refractivity contribution in [3.8, 4) is 39.8 Å². The van der Waals surface area contributed by atoms with Gasteiger partial charge < -0.3 is 39.6 Å². The van der Waals surface area contributed by atoms with Gasteiger partial charge in [0.2, 0.25) is 11.8 Å². The number of halogens is 3. The lowest BCUT2D eigenvalue weighted by molar-refractivity contribution is -0.143. The smallest absolute Gasteiger partial charge is 0.252 e. The van der Waals surface area contributed by atoms with Gasteiger partial charge in [-0.2, -0.15) is 4.98 Å². The van der Waals surface area contributed by atoms with E-state index in [-0.39, 0.29) is 53.6 Å². The molecule has 2 unspecified atom stereocenters. The molecule has 1 spiro atoms. The number of anilines is 1. The highest BCUT2D eigenvalue weighted by molar-refractivity contribution is 6.38. The molecule has 4 aliphatic heterocycles. The van der Waals surface area contributed by atoms with Crippen LogP contribution < -0.4 is 20.7 Å². The normalized spacial score (nSPS) is 21.5. The first-order valence-electron chi connectivity index (χ1n) is 18.6. The van der Waals surface area contributed by atoms with Crippen LogP contribution in [0, 0.1) is 5.92 Å². The van der Waals surface area contributed by atoms with E-state index in [4.69, 9.17) is 58.3 Å². The number of amides is 2. The van der Waals surface area contributed by atoms with Crippen LogP contribution in [0.25, 0.3) is 44.9 Å². The highest BCUT2D eigenvalue weighted by atomic mass is 35.5. The maximum Gasteiger partial charge on any atom is 0.252 e. The number of ether oxygens (including phenoxy) is 1. The van der Waals surface area contributed by atoms with Crippen LogP contribution >= 0.6 is 34.8 Å². The molecular weight excluding hydrogens is 779 g/mol. The van der Waals surface area contributed by atoms with E-state index < -0.39 is 41.1 Å². The van der Waals surface area contributed by atoms with Crippen LogP contribution in [0.5, 0.6) is 5.75 Å². The minimum absolute atomic E-state index is 0.0628. The monoisotopic (exact) mass is 812 g/mol. The summed E-state index contributed by atoms with van der Waals surface area (Å²) in [5.41, 5.74) is 3.16. The summed E-state index contributed by atoms with van der Waals surface area (Å²) in [5, 5.41) is 22.4. The van der Waals surface area contributed by atoms with Crippen molar-refractivity contribution in [3.63, 3.8) is 0 Å². The zero-order valence-electron chi connectivity index (χ0n) is 30.6. The van der Waals surface area contributed by atoms with Crippen LogP contribution in [0.15, 0.2) is 57.4 Å². The Morgan fingerprint density at radius 1 is 1.04 bits per heavy atom. The van der Waals surface area contributed by atoms with Crippen molar-refractivity contribution in [2.24, 2.45) is 5.92 Å². The summed E-state index contributed by atoms with van der Waals surface area (Å²) in [4.78, 5) is 41.0. The molecule has 0 fully saturated rings. The molecule has 7 heterocycles. The van der Waals surface area contributed by atoms with Gasteiger partial charge in [-0.3, -0.25) is 9.59 Å². The minimum atomic E-state index is -1.65.